The molecule has 0 unspecified atom stereocenters. The SMILES string of the molecule is CN(C(=O)CN1CCN(c2ccccn2)CC1)c1ccccc1C(=O)NCc1ccco1. The van der Waals surface area contributed by atoms with Crippen molar-refractivity contribution in [3.63, 3.8) is 0 Å². The minimum Gasteiger partial charge on any atom is -0.467 e. The molecule has 0 aliphatic carbocycles. The minimum absolute atomic E-state index is 0.0532. The van der Waals surface area contributed by atoms with E-state index in [1.165, 1.54) is 0 Å². The number of nitrogens with one attached hydrogen (secondary N) is 1. The molecule has 0 radical (unpaired) electrons. The van der Waals surface area contributed by atoms with Gasteiger partial charge in [-0.25, -0.2) is 4.98 Å². The van der Waals surface area contributed by atoms with Gasteiger partial charge in [-0.3, -0.25) is 14.5 Å². The van der Waals surface area contributed by atoms with Gasteiger partial charge in [-0.05, 0) is 36.4 Å². The lowest BCUT2D eigenvalue weighted by molar-refractivity contribution is -0.119. The Morgan fingerprint density at radius 1 is 1.03 bits per heavy atom. The number of pyridine rings is 1. The summed E-state index contributed by atoms with van der Waals surface area (Å²) in [5, 5.41) is 2.84. The van der Waals surface area contributed by atoms with Crippen LogP contribution in [0.25, 0.3) is 0 Å². The quantitative estimate of drug-likeness (QED) is 0.616. The van der Waals surface area contributed by atoms with Gasteiger partial charge in [-0.2, -0.15) is 0 Å². The number of piperazine rings is 1. The molecule has 0 saturated carbocycles. The van der Waals surface area contributed by atoms with Gasteiger partial charge < -0.3 is 19.5 Å². The molecule has 1 aromatic carbocycles. The van der Waals surface area contributed by atoms with E-state index in [9.17, 15) is 9.59 Å². The molecule has 1 saturated heterocycles. The second kappa shape index (κ2) is 10.1. The molecular formula is C24H27N5O3. The van der Waals surface area contributed by atoms with Gasteiger partial charge in [0, 0.05) is 39.4 Å². The molecule has 166 valence electrons. The highest BCUT2D eigenvalue weighted by molar-refractivity contribution is 6.05. The average molecular weight is 434 g/mol. The van der Waals surface area contributed by atoms with Gasteiger partial charge in [0.05, 0.1) is 30.6 Å². The fourth-order valence-electron chi connectivity index (χ4n) is 3.74. The standard InChI is InChI=1S/C24H27N5O3/c1-27(21-9-3-2-8-20(21)24(31)26-17-19-7-6-16-32-19)23(30)18-28-12-14-29(15-13-28)22-10-4-5-11-25-22/h2-11,16H,12-15,17-18H2,1H3,(H,26,31). The van der Waals surface area contributed by atoms with Crippen molar-refractivity contribution >= 4 is 23.3 Å². The number of nitrogens with zero attached hydrogens (tertiary/aromatic N) is 4. The van der Waals surface area contributed by atoms with Gasteiger partial charge in [0.2, 0.25) is 5.91 Å². The van der Waals surface area contributed by atoms with Crippen molar-refractivity contribution < 1.29 is 14.0 Å². The van der Waals surface area contributed by atoms with Crippen molar-refractivity contribution in [3.8, 4) is 0 Å². The first-order valence-corrected chi connectivity index (χ1v) is 10.7. The summed E-state index contributed by atoms with van der Waals surface area (Å²) in [5.41, 5.74) is 1.04. The summed E-state index contributed by atoms with van der Waals surface area (Å²) in [4.78, 5) is 36.1. The van der Waals surface area contributed by atoms with Crippen molar-refractivity contribution in [2.24, 2.45) is 0 Å². The zero-order valence-electron chi connectivity index (χ0n) is 18.1. The molecule has 4 rings (SSSR count). The van der Waals surface area contributed by atoms with E-state index < -0.39 is 0 Å². The molecule has 8 nitrogen and oxygen atoms in total. The number of para-hydroxylation sites is 1. The van der Waals surface area contributed by atoms with Crippen LogP contribution in [0.3, 0.4) is 0 Å². The van der Waals surface area contributed by atoms with Crippen LogP contribution in [0.5, 0.6) is 0 Å². The highest BCUT2D eigenvalue weighted by Gasteiger charge is 2.23. The first kappa shape index (κ1) is 21.6. The minimum atomic E-state index is -0.249. The second-order valence-corrected chi connectivity index (χ2v) is 7.68. The number of hydrogen-bond acceptors (Lipinski definition) is 6. The summed E-state index contributed by atoms with van der Waals surface area (Å²) in [7, 11) is 1.71. The van der Waals surface area contributed by atoms with E-state index in [0.717, 1.165) is 32.0 Å². The molecule has 0 atom stereocenters. The summed E-state index contributed by atoms with van der Waals surface area (Å²) >= 11 is 0. The maximum Gasteiger partial charge on any atom is 0.253 e. The number of amides is 2. The number of rotatable bonds is 7. The van der Waals surface area contributed by atoms with E-state index in [0.29, 0.717) is 30.1 Å². The Balaban J connectivity index is 1.34. The summed E-state index contributed by atoms with van der Waals surface area (Å²) in [5.74, 6) is 1.33. The van der Waals surface area contributed by atoms with Crippen LogP contribution in [0.15, 0.2) is 71.5 Å². The van der Waals surface area contributed by atoms with Crippen LogP contribution in [-0.4, -0.2) is 61.5 Å². The number of furan rings is 1. The van der Waals surface area contributed by atoms with Crippen molar-refractivity contribution in [2.75, 3.05) is 49.6 Å². The van der Waals surface area contributed by atoms with Crippen molar-refractivity contribution in [1.82, 2.24) is 15.2 Å². The Kier molecular flexibility index (Phi) is 6.81. The van der Waals surface area contributed by atoms with Gasteiger partial charge in [0.15, 0.2) is 0 Å². The molecule has 1 aliphatic rings. The highest BCUT2D eigenvalue weighted by atomic mass is 16.3. The predicted molar refractivity (Wildman–Crippen MR) is 123 cm³/mol. The maximum atomic E-state index is 13.0. The summed E-state index contributed by atoms with van der Waals surface area (Å²) in [6.07, 6.45) is 3.36. The average Bonchev–Trinajstić information content (AvgIpc) is 3.37. The van der Waals surface area contributed by atoms with Gasteiger partial charge in [-0.15, -0.1) is 0 Å². The van der Waals surface area contributed by atoms with Crippen LogP contribution in [0.2, 0.25) is 0 Å². The smallest absolute Gasteiger partial charge is 0.253 e. The Labute approximate surface area is 187 Å². The fourth-order valence-corrected chi connectivity index (χ4v) is 3.74. The lowest BCUT2D eigenvalue weighted by atomic mass is 10.1. The Morgan fingerprint density at radius 3 is 2.53 bits per heavy atom. The third-order valence-electron chi connectivity index (χ3n) is 5.59. The van der Waals surface area contributed by atoms with E-state index in [4.69, 9.17) is 4.42 Å². The number of carbonyl (C=O) groups excluding carboxylic acids is 2. The topological polar surface area (TPSA) is 81.9 Å². The van der Waals surface area contributed by atoms with Crippen LogP contribution < -0.4 is 15.1 Å². The Bertz CT molecular complexity index is 1030. The molecule has 0 bridgehead atoms. The molecule has 1 fully saturated rings. The van der Waals surface area contributed by atoms with Crippen molar-refractivity contribution in [2.45, 2.75) is 6.54 Å². The highest BCUT2D eigenvalue weighted by Crippen LogP contribution is 2.20. The summed E-state index contributed by atoms with van der Waals surface area (Å²) in [6, 6.07) is 16.6. The Morgan fingerprint density at radius 2 is 1.81 bits per heavy atom. The van der Waals surface area contributed by atoms with Crippen LogP contribution in [0.1, 0.15) is 16.1 Å². The van der Waals surface area contributed by atoms with Gasteiger partial charge in [0.25, 0.3) is 5.91 Å². The summed E-state index contributed by atoms with van der Waals surface area (Å²) in [6.45, 7) is 3.79. The third kappa shape index (κ3) is 5.15. The van der Waals surface area contributed by atoms with E-state index in [1.807, 2.05) is 24.3 Å². The first-order chi connectivity index (χ1) is 15.6. The van der Waals surface area contributed by atoms with Crippen LogP contribution in [-0.2, 0) is 11.3 Å². The molecule has 8 heteroatoms. The molecule has 2 amide bonds. The fraction of sp³-hybridized carbons (Fsp3) is 0.292. The molecule has 2 aromatic heterocycles. The predicted octanol–water partition coefficient (Wildman–Crippen LogP) is 2.39. The zero-order chi connectivity index (χ0) is 22.3. The normalized spacial score (nSPS) is 14.2. The van der Waals surface area contributed by atoms with Crippen molar-refractivity contribution in [3.05, 3.63) is 78.4 Å². The van der Waals surface area contributed by atoms with Crippen LogP contribution in [0, 0.1) is 0 Å². The lowest BCUT2D eigenvalue weighted by Crippen LogP contribution is -2.50. The number of anilines is 2. The van der Waals surface area contributed by atoms with Gasteiger partial charge in [0.1, 0.15) is 11.6 Å². The monoisotopic (exact) mass is 433 g/mol. The van der Waals surface area contributed by atoms with Crippen LogP contribution in [0.4, 0.5) is 11.5 Å². The molecule has 0 spiro atoms. The number of hydrogen-bond donors (Lipinski definition) is 1. The maximum absolute atomic E-state index is 13.0. The lowest BCUT2D eigenvalue weighted by Gasteiger charge is -2.35. The van der Waals surface area contributed by atoms with E-state index in [2.05, 4.69) is 20.1 Å². The largest absolute Gasteiger partial charge is 0.467 e. The summed E-state index contributed by atoms with van der Waals surface area (Å²) < 4.78 is 5.26. The number of carbonyl (C=O) groups is 2. The molecule has 1 aliphatic heterocycles. The molecule has 3 aromatic rings. The van der Waals surface area contributed by atoms with E-state index in [-0.39, 0.29) is 11.8 Å². The zero-order valence-corrected chi connectivity index (χ0v) is 18.1. The Hall–Kier alpha value is -3.65. The van der Waals surface area contributed by atoms with E-state index >= 15 is 0 Å². The number of aromatic nitrogens is 1. The van der Waals surface area contributed by atoms with E-state index in [1.54, 1.807) is 54.7 Å². The van der Waals surface area contributed by atoms with Gasteiger partial charge in [-0.1, -0.05) is 18.2 Å². The molecule has 3 heterocycles. The van der Waals surface area contributed by atoms with Crippen LogP contribution >= 0.6 is 0 Å². The molecular weight excluding hydrogens is 406 g/mol. The third-order valence-corrected chi connectivity index (χ3v) is 5.59. The van der Waals surface area contributed by atoms with Gasteiger partial charge >= 0.3 is 0 Å². The second-order valence-electron chi connectivity index (χ2n) is 7.68. The molecule has 32 heavy (non-hydrogen) atoms. The number of benzene rings is 1. The first-order valence-electron chi connectivity index (χ1n) is 10.7. The number of likely N-dealkylation sites (N-methyl/N-ethyl adjacent to an activating group) is 1. The van der Waals surface area contributed by atoms with Crippen molar-refractivity contribution in [1.29, 1.82) is 0 Å². The molecule has 1 N–H and O–H groups in total.